The summed E-state index contributed by atoms with van der Waals surface area (Å²) in [4.78, 5) is 2.83. The van der Waals surface area contributed by atoms with E-state index in [9.17, 15) is 0 Å². The van der Waals surface area contributed by atoms with Gasteiger partial charge in [0.25, 0.3) is 0 Å². The first-order chi connectivity index (χ1) is 9.00. The van der Waals surface area contributed by atoms with Crippen LogP contribution < -0.4 is 10.6 Å². The van der Waals surface area contributed by atoms with Crippen molar-refractivity contribution < 1.29 is 0 Å². The Labute approximate surface area is 129 Å². The lowest BCUT2D eigenvalue weighted by molar-refractivity contribution is 0.321. The van der Waals surface area contributed by atoms with Crippen LogP contribution in [0.2, 0.25) is 0 Å². The van der Waals surface area contributed by atoms with E-state index in [0.29, 0.717) is 11.0 Å². The van der Waals surface area contributed by atoms with E-state index in [1.54, 1.807) is 0 Å². The zero-order valence-corrected chi connectivity index (χ0v) is 13.9. The lowest BCUT2D eigenvalue weighted by atomic mass is 9.84. The first kappa shape index (κ1) is 14.8. The molecule has 1 saturated carbocycles. The Morgan fingerprint density at radius 3 is 2.68 bits per heavy atom. The number of rotatable bonds is 3. The quantitative estimate of drug-likeness (QED) is 0.840. The first-order valence-electron chi connectivity index (χ1n) is 6.83. The fourth-order valence-electron chi connectivity index (χ4n) is 3.06. The minimum Gasteiger partial charge on any atom is -0.389 e. The Balaban J connectivity index is 2.34. The van der Waals surface area contributed by atoms with Gasteiger partial charge in [-0.05, 0) is 37.0 Å². The lowest BCUT2D eigenvalue weighted by Crippen LogP contribution is -2.39. The molecule has 4 heteroatoms. The summed E-state index contributed by atoms with van der Waals surface area (Å²) in [7, 11) is 2.16. The number of thiocarbonyl (C=S) groups is 1. The van der Waals surface area contributed by atoms with Crippen molar-refractivity contribution in [3.8, 4) is 0 Å². The summed E-state index contributed by atoms with van der Waals surface area (Å²) in [5.41, 5.74) is 7.97. The minimum atomic E-state index is 0.470. The molecule has 104 valence electrons. The molecule has 0 spiro atoms. The zero-order valence-electron chi connectivity index (χ0n) is 11.5. The van der Waals surface area contributed by atoms with Gasteiger partial charge in [0.2, 0.25) is 0 Å². The molecule has 1 aromatic carbocycles. The summed E-state index contributed by atoms with van der Waals surface area (Å²) in [5, 5.41) is 0. The first-order valence-corrected chi connectivity index (χ1v) is 8.03. The number of nitrogens with two attached hydrogens (primary N) is 1. The highest BCUT2D eigenvalue weighted by molar-refractivity contribution is 9.10. The van der Waals surface area contributed by atoms with Crippen molar-refractivity contribution in [2.75, 3.05) is 11.9 Å². The van der Waals surface area contributed by atoms with Crippen LogP contribution >= 0.6 is 28.1 Å². The molecule has 2 atom stereocenters. The molecule has 0 radical (unpaired) electrons. The van der Waals surface area contributed by atoms with Crippen molar-refractivity contribution >= 4 is 38.8 Å². The highest BCUT2D eigenvalue weighted by Gasteiger charge is 2.26. The summed E-state index contributed by atoms with van der Waals surface area (Å²) >= 11 is 8.72. The van der Waals surface area contributed by atoms with Crippen LogP contribution in [0.4, 0.5) is 5.69 Å². The maximum atomic E-state index is 5.86. The van der Waals surface area contributed by atoms with Gasteiger partial charge in [-0.25, -0.2) is 0 Å². The van der Waals surface area contributed by atoms with Crippen LogP contribution in [0.1, 0.15) is 38.2 Å². The SMILES string of the molecule is CC1CCCCC1N(C)c1cc(Br)ccc1C(N)=S. The van der Waals surface area contributed by atoms with Crippen molar-refractivity contribution in [3.05, 3.63) is 28.2 Å². The van der Waals surface area contributed by atoms with E-state index in [-0.39, 0.29) is 0 Å². The Kier molecular flexibility index (Phi) is 4.85. The van der Waals surface area contributed by atoms with E-state index < -0.39 is 0 Å². The van der Waals surface area contributed by atoms with Crippen LogP contribution in [-0.4, -0.2) is 18.1 Å². The summed E-state index contributed by atoms with van der Waals surface area (Å²) in [5.74, 6) is 0.719. The molecular weight excluding hydrogens is 320 g/mol. The second-order valence-corrected chi connectivity index (χ2v) is 6.82. The standard InChI is InChI=1S/C15H21BrN2S/c1-10-5-3-4-6-13(10)18(2)14-9-11(16)7-8-12(14)15(17)19/h7-10,13H,3-6H2,1-2H3,(H2,17,19). The predicted molar refractivity (Wildman–Crippen MR) is 89.9 cm³/mol. The smallest absolute Gasteiger partial charge is 0.106 e. The van der Waals surface area contributed by atoms with Gasteiger partial charge in [-0.1, -0.05) is 47.9 Å². The van der Waals surface area contributed by atoms with E-state index in [1.807, 2.05) is 12.1 Å². The van der Waals surface area contributed by atoms with E-state index in [4.69, 9.17) is 18.0 Å². The molecule has 0 aromatic heterocycles. The summed E-state index contributed by atoms with van der Waals surface area (Å²) in [6.45, 7) is 2.35. The molecule has 2 rings (SSSR count). The molecule has 1 aliphatic carbocycles. The van der Waals surface area contributed by atoms with Gasteiger partial charge in [-0.2, -0.15) is 0 Å². The van der Waals surface area contributed by atoms with Gasteiger partial charge in [-0.15, -0.1) is 0 Å². The predicted octanol–water partition coefficient (Wildman–Crippen LogP) is 4.10. The number of benzene rings is 1. The highest BCUT2D eigenvalue weighted by atomic mass is 79.9. The highest BCUT2D eigenvalue weighted by Crippen LogP contribution is 2.33. The van der Waals surface area contributed by atoms with Gasteiger partial charge in [0.05, 0.1) is 0 Å². The van der Waals surface area contributed by atoms with Crippen LogP contribution in [0.15, 0.2) is 22.7 Å². The van der Waals surface area contributed by atoms with Crippen LogP contribution in [0, 0.1) is 5.92 Å². The van der Waals surface area contributed by atoms with Gasteiger partial charge in [0.15, 0.2) is 0 Å². The Bertz CT molecular complexity index is 475. The molecule has 0 aliphatic heterocycles. The third kappa shape index (κ3) is 3.29. The number of nitrogens with zero attached hydrogens (tertiary/aromatic N) is 1. The van der Waals surface area contributed by atoms with E-state index in [1.165, 1.54) is 25.7 Å². The normalized spacial score (nSPS) is 23.1. The van der Waals surface area contributed by atoms with E-state index in [0.717, 1.165) is 21.6 Å². The van der Waals surface area contributed by atoms with Crippen LogP contribution in [-0.2, 0) is 0 Å². The second kappa shape index (κ2) is 6.23. The molecule has 2 nitrogen and oxygen atoms in total. The molecule has 2 N–H and O–H groups in total. The Hall–Kier alpha value is -0.610. The summed E-state index contributed by atoms with van der Waals surface area (Å²) in [6, 6.07) is 6.70. The molecule has 0 amide bonds. The molecule has 0 heterocycles. The maximum Gasteiger partial charge on any atom is 0.106 e. The van der Waals surface area contributed by atoms with Crippen LogP contribution in [0.5, 0.6) is 0 Å². The maximum absolute atomic E-state index is 5.86. The number of anilines is 1. The van der Waals surface area contributed by atoms with Crippen molar-refractivity contribution in [2.24, 2.45) is 11.7 Å². The summed E-state index contributed by atoms with van der Waals surface area (Å²) in [6.07, 6.45) is 5.23. The minimum absolute atomic E-state index is 0.470. The number of hydrogen-bond acceptors (Lipinski definition) is 2. The number of hydrogen-bond donors (Lipinski definition) is 1. The van der Waals surface area contributed by atoms with Crippen LogP contribution in [0.3, 0.4) is 0 Å². The number of halogens is 1. The molecule has 2 unspecified atom stereocenters. The Morgan fingerprint density at radius 2 is 2.05 bits per heavy atom. The molecule has 1 fully saturated rings. The average Bonchev–Trinajstić information content (AvgIpc) is 2.38. The monoisotopic (exact) mass is 340 g/mol. The molecule has 19 heavy (non-hydrogen) atoms. The van der Waals surface area contributed by atoms with E-state index >= 15 is 0 Å². The van der Waals surface area contributed by atoms with Gasteiger partial charge < -0.3 is 10.6 Å². The molecule has 1 aliphatic rings. The molecule has 0 bridgehead atoms. The average molecular weight is 341 g/mol. The van der Waals surface area contributed by atoms with Gasteiger partial charge >= 0.3 is 0 Å². The third-order valence-corrected chi connectivity index (χ3v) is 4.88. The van der Waals surface area contributed by atoms with Gasteiger partial charge in [0.1, 0.15) is 4.99 Å². The van der Waals surface area contributed by atoms with Crippen molar-refractivity contribution in [1.29, 1.82) is 0 Å². The second-order valence-electron chi connectivity index (χ2n) is 5.47. The van der Waals surface area contributed by atoms with E-state index in [2.05, 4.69) is 40.9 Å². The fourth-order valence-corrected chi connectivity index (χ4v) is 3.58. The summed E-state index contributed by atoms with van der Waals surface area (Å²) < 4.78 is 1.07. The molecule has 0 saturated heterocycles. The zero-order chi connectivity index (χ0) is 14.0. The topological polar surface area (TPSA) is 29.3 Å². The van der Waals surface area contributed by atoms with Crippen LogP contribution in [0.25, 0.3) is 0 Å². The van der Waals surface area contributed by atoms with Crippen molar-refractivity contribution in [1.82, 2.24) is 0 Å². The van der Waals surface area contributed by atoms with Gasteiger partial charge in [0, 0.05) is 28.8 Å². The molecular formula is C15H21BrN2S. The van der Waals surface area contributed by atoms with Gasteiger partial charge in [-0.3, -0.25) is 0 Å². The fraction of sp³-hybridized carbons (Fsp3) is 0.533. The lowest BCUT2D eigenvalue weighted by Gasteiger charge is -2.38. The Morgan fingerprint density at radius 1 is 1.37 bits per heavy atom. The molecule has 1 aromatic rings. The third-order valence-electron chi connectivity index (χ3n) is 4.17. The van der Waals surface area contributed by atoms with Crippen molar-refractivity contribution in [3.63, 3.8) is 0 Å². The van der Waals surface area contributed by atoms with Crippen molar-refractivity contribution in [2.45, 2.75) is 38.6 Å². The largest absolute Gasteiger partial charge is 0.389 e.